The monoisotopic (exact) mass is 467 g/mol. The van der Waals surface area contributed by atoms with Gasteiger partial charge < -0.3 is 14.2 Å². The first-order chi connectivity index (χ1) is 15.4. The van der Waals surface area contributed by atoms with Crippen molar-refractivity contribution >= 4 is 47.1 Å². The van der Waals surface area contributed by atoms with Crippen LogP contribution in [0.1, 0.15) is 21.5 Å². The molecule has 0 aliphatic carbocycles. The van der Waals surface area contributed by atoms with Crippen molar-refractivity contribution in [2.75, 3.05) is 7.11 Å². The molecule has 1 aliphatic rings. The van der Waals surface area contributed by atoms with E-state index in [1.165, 1.54) is 6.08 Å². The number of ether oxygens (including phenoxy) is 3. The lowest BCUT2D eigenvalue weighted by Gasteiger charge is -2.07. The second-order valence-corrected chi connectivity index (χ2v) is 7.49. The molecule has 3 aromatic rings. The van der Waals surface area contributed by atoms with Gasteiger partial charge in [0.15, 0.2) is 5.70 Å². The summed E-state index contributed by atoms with van der Waals surface area (Å²) in [4.78, 5) is 28.8. The zero-order valence-electron chi connectivity index (χ0n) is 16.7. The first-order valence-corrected chi connectivity index (χ1v) is 10.1. The predicted octanol–water partition coefficient (Wildman–Crippen LogP) is 5.57. The zero-order chi connectivity index (χ0) is 22.7. The van der Waals surface area contributed by atoms with E-state index in [4.69, 9.17) is 37.4 Å². The van der Waals surface area contributed by atoms with Gasteiger partial charge in [-0.15, -0.1) is 0 Å². The molecule has 1 aliphatic heterocycles. The number of hydrogen-bond acceptors (Lipinski definition) is 6. The van der Waals surface area contributed by atoms with E-state index in [1.54, 1.807) is 73.8 Å². The number of esters is 2. The number of cyclic esters (lactones) is 1. The van der Waals surface area contributed by atoms with Gasteiger partial charge in [0.25, 0.3) is 0 Å². The summed E-state index contributed by atoms with van der Waals surface area (Å²) in [7, 11) is 1.54. The lowest BCUT2D eigenvalue weighted by Crippen LogP contribution is -2.08. The maximum atomic E-state index is 12.3. The van der Waals surface area contributed by atoms with Gasteiger partial charge in [-0.1, -0.05) is 29.3 Å². The molecule has 32 heavy (non-hydrogen) atoms. The van der Waals surface area contributed by atoms with Gasteiger partial charge in [0, 0.05) is 10.6 Å². The molecule has 3 aromatic carbocycles. The fourth-order valence-electron chi connectivity index (χ4n) is 2.86. The van der Waals surface area contributed by atoms with Gasteiger partial charge in [0.2, 0.25) is 5.90 Å². The Balaban J connectivity index is 1.51. The minimum absolute atomic E-state index is 0.119. The number of methoxy groups -OCH3 is 1. The van der Waals surface area contributed by atoms with E-state index in [1.807, 2.05) is 0 Å². The second kappa shape index (κ2) is 9.26. The number of carbonyl (C=O) groups excluding carboxylic acids is 2. The fraction of sp³-hybridized carbons (Fsp3) is 0.0417. The molecule has 0 bridgehead atoms. The Hall–Kier alpha value is -3.61. The van der Waals surface area contributed by atoms with Crippen LogP contribution < -0.4 is 9.47 Å². The summed E-state index contributed by atoms with van der Waals surface area (Å²) in [6.07, 6.45) is 1.53. The van der Waals surface area contributed by atoms with E-state index in [2.05, 4.69) is 4.99 Å². The van der Waals surface area contributed by atoms with Crippen molar-refractivity contribution < 1.29 is 23.8 Å². The number of benzene rings is 3. The number of hydrogen-bond donors (Lipinski definition) is 0. The molecular weight excluding hydrogens is 453 g/mol. The molecule has 0 spiro atoms. The molecule has 0 aromatic heterocycles. The molecule has 0 radical (unpaired) electrons. The summed E-state index contributed by atoms with van der Waals surface area (Å²) < 4.78 is 15.7. The Kier molecular flexibility index (Phi) is 6.25. The molecule has 0 atom stereocenters. The molecule has 6 nitrogen and oxygen atoms in total. The highest BCUT2D eigenvalue weighted by atomic mass is 35.5. The third-order valence-corrected chi connectivity index (χ3v) is 5.05. The molecule has 160 valence electrons. The van der Waals surface area contributed by atoms with Crippen molar-refractivity contribution in [1.82, 2.24) is 0 Å². The smallest absolute Gasteiger partial charge is 0.363 e. The third kappa shape index (κ3) is 4.82. The topological polar surface area (TPSA) is 74.2 Å². The van der Waals surface area contributed by atoms with Gasteiger partial charge in [-0.05, 0) is 72.3 Å². The normalized spacial score (nSPS) is 14.2. The number of halogens is 2. The number of aliphatic imine (C=N–C) groups is 1. The van der Waals surface area contributed by atoms with E-state index in [0.29, 0.717) is 27.5 Å². The second-order valence-electron chi connectivity index (χ2n) is 6.65. The van der Waals surface area contributed by atoms with Gasteiger partial charge >= 0.3 is 11.9 Å². The van der Waals surface area contributed by atoms with Crippen LogP contribution in [-0.4, -0.2) is 24.9 Å². The molecule has 4 rings (SSSR count). The van der Waals surface area contributed by atoms with Crippen LogP contribution in [0, 0.1) is 0 Å². The van der Waals surface area contributed by atoms with Crippen molar-refractivity contribution in [3.63, 3.8) is 0 Å². The maximum Gasteiger partial charge on any atom is 0.363 e. The molecule has 8 heteroatoms. The number of nitrogens with zero attached hydrogens (tertiary/aromatic N) is 1. The molecule has 0 saturated heterocycles. The van der Waals surface area contributed by atoms with Gasteiger partial charge in [-0.3, -0.25) is 0 Å². The lowest BCUT2D eigenvalue weighted by molar-refractivity contribution is -0.129. The first kappa shape index (κ1) is 21.6. The standard InChI is InChI=1S/C24H15Cl2NO5/c1-30-18-9-5-16(6-10-18)23(28)31-21-11-2-14(12-19(21)26)13-20-24(29)32-22(27-20)15-3-7-17(25)8-4-15/h2-13H,1H3. The van der Waals surface area contributed by atoms with E-state index in [9.17, 15) is 9.59 Å². The molecule has 0 fully saturated rings. The molecule has 0 N–H and O–H groups in total. The quantitative estimate of drug-likeness (QED) is 0.278. The van der Waals surface area contributed by atoms with Crippen LogP contribution in [0.3, 0.4) is 0 Å². The highest BCUT2D eigenvalue weighted by molar-refractivity contribution is 6.32. The summed E-state index contributed by atoms with van der Waals surface area (Å²) in [5.41, 5.74) is 1.69. The maximum absolute atomic E-state index is 12.3. The largest absolute Gasteiger partial charge is 0.497 e. The summed E-state index contributed by atoms with van der Waals surface area (Å²) in [5.74, 6) is -0.134. The lowest BCUT2D eigenvalue weighted by atomic mass is 10.2. The zero-order valence-corrected chi connectivity index (χ0v) is 18.2. The summed E-state index contributed by atoms with van der Waals surface area (Å²) >= 11 is 12.2. The van der Waals surface area contributed by atoms with Crippen LogP contribution >= 0.6 is 23.2 Å². The number of carbonyl (C=O) groups is 2. The van der Waals surface area contributed by atoms with Gasteiger partial charge in [-0.2, -0.15) is 0 Å². The van der Waals surface area contributed by atoms with Crippen LogP contribution in [0.2, 0.25) is 10.0 Å². The highest BCUT2D eigenvalue weighted by Crippen LogP contribution is 2.28. The van der Waals surface area contributed by atoms with Crippen LogP contribution in [0.4, 0.5) is 0 Å². The molecule has 0 unspecified atom stereocenters. The fourth-order valence-corrected chi connectivity index (χ4v) is 3.21. The molecule has 1 heterocycles. The SMILES string of the molecule is COc1ccc(C(=O)Oc2ccc(C=C3N=C(c4ccc(Cl)cc4)OC3=O)cc2Cl)cc1. The Morgan fingerprint density at radius 2 is 1.72 bits per heavy atom. The Morgan fingerprint density at radius 1 is 1.00 bits per heavy atom. The molecule has 0 saturated carbocycles. The average Bonchev–Trinajstić information content (AvgIpc) is 3.16. The van der Waals surface area contributed by atoms with Crippen molar-refractivity contribution in [3.05, 3.63) is 99.2 Å². The summed E-state index contributed by atoms with van der Waals surface area (Å²) in [5, 5.41) is 0.770. The summed E-state index contributed by atoms with van der Waals surface area (Å²) in [6.45, 7) is 0. The van der Waals surface area contributed by atoms with E-state index in [0.717, 1.165) is 0 Å². The van der Waals surface area contributed by atoms with Crippen LogP contribution in [0.15, 0.2) is 77.4 Å². The predicted molar refractivity (Wildman–Crippen MR) is 121 cm³/mol. The first-order valence-electron chi connectivity index (χ1n) is 9.37. The number of rotatable bonds is 5. The third-order valence-electron chi connectivity index (χ3n) is 4.50. The van der Waals surface area contributed by atoms with Crippen LogP contribution in [-0.2, 0) is 9.53 Å². The van der Waals surface area contributed by atoms with E-state index >= 15 is 0 Å². The summed E-state index contributed by atoms with van der Waals surface area (Å²) in [6, 6.07) is 18.0. The molecular formula is C24H15Cl2NO5. The van der Waals surface area contributed by atoms with E-state index in [-0.39, 0.29) is 22.4 Å². The van der Waals surface area contributed by atoms with Crippen LogP contribution in [0.25, 0.3) is 6.08 Å². The van der Waals surface area contributed by atoms with Crippen molar-refractivity contribution in [2.24, 2.45) is 4.99 Å². The van der Waals surface area contributed by atoms with Crippen molar-refractivity contribution in [2.45, 2.75) is 0 Å². The minimum atomic E-state index is -0.582. The minimum Gasteiger partial charge on any atom is -0.497 e. The highest BCUT2D eigenvalue weighted by Gasteiger charge is 2.24. The Morgan fingerprint density at radius 3 is 2.38 bits per heavy atom. The van der Waals surface area contributed by atoms with E-state index < -0.39 is 11.9 Å². The van der Waals surface area contributed by atoms with Gasteiger partial charge in [0.1, 0.15) is 11.5 Å². The Bertz CT molecular complexity index is 1250. The Labute approximate surface area is 193 Å². The average molecular weight is 468 g/mol. The van der Waals surface area contributed by atoms with Crippen LogP contribution in [0.5, 0.6) is 11.5 Å². The van der Waals surface area contributed by atoms with Crippen molar-refractivity contribution in [3.8, 4) is 11.5 Å². The van der Waals surface area contributed by atoms with Gasteiger partial charge in [0.05, 0.1) is 17.7 Å². The van der Waals surface area contributed by atoms with Gasteiger partial charge in [-0.25, -0.2) is 14.6 Å². The van der Waals surface area contributed by atoms with Crippen molar-refractivity contribution in [1.29, 1.82) is 0 Å². The molecule has 0 amide bonds.